The van der Waals surface area contributed by atoms with Crippen molar-refractivity contribution in [2.75, 3.05) is 14.2 Å². The lowest BCUT2D eigenvalue weighted by Crippen LogP contribution is -2.58. The van der Waals surface area contributed by atoms with E-state index >= 15 is 0 Å². The van der Waals surface area contributed by atoms with Crippen LogP contribution in [0.5, 0.6) is 34.5 Å². The molecule has 1 saturated heterocycles. The van der Waals surface area contributed by atoms with Crippen molar-refractivity contribution in [3.8, 4) is 45.8 Å². The molecule has 1 aliphatic heterocycles. The highest BCUT2D eigenvalue weighted by atomic mass is 16.7. The predicted molar refractivity (Wildman–Crippen MR) is 119 cm³/mol. The molecular weight excluding hydrogens is 468 g/mol. The largest absolute Gasteiger partial charge is 0.507 e. The third kappa shape index (κ3) is 4.06. The summed E-state index contributed by atoms with van der Waals surface area (Å²) in [5, 5.41) is 60.6. The number of phenolic OH excluding ortho intramolecular Hbond substituents is 3. The predicted octanol–water partition coefficient (Wildman–Crippen LogP) is 0.800. The van der Waals surface area contributed by atoms with Gasteiger partial charge in [-0.1, -0.05) is 0 Å². The summed E-state index contributed by atoms with van der Waals surface area (Å²) < 4.78 is 27.3. The second-order valence-electron chi connectivity index (χ2n) is 7.93. The number of methoxy groups -OCH3 is 2. The van der Waals surface area contributed by atoms with Crippen LogP contribution in [0, 0.1) is 0 Å². The van der Waals surface area contributed by atoms with Crippen molar-refractivity contribution in [2.45, 2.75) is 37.6 Å². The first-order valence-electron chi connectivity index (χ1n) is 10.4. The van der Waals surface area contributed by atoms with Gasteiger partial charge in [0.1, 0.15) is 29.4 Å². The van der Waals surface area contributed by atoms with Gasteiger partial charge < -0.3 is 54.0 Å². The Labute approximate surface area is 197 Å². The maximum Gasteiger partial charge on any atom is 0.239 e. The first kappa shape index (κ1) is 24.4. The number of aliphatic hydroxyl groups is 3. The number of rotatable bonds is 5. The van der Waals surface area contributed by atoms with E-state index in [4.69, 9.17) is 23.4 Å². The van der Waals surface area contributed by atoms with Gasteiger partial charge in [-0.25, -0.2) is 0 Å². The molecule has 188 valence electrons. The van der Waals surface area contributed by atoms with Crippen LogP contribution in [0.15, 0.2) is 33.5 Å². The summed E-state index contributed by atoms with van der Waals surface area (Å²) in [7, 11) is 2.53. The molecule has 0 spiro atoms. The average molecular weight is 492 g/mol. The smallest absolute Gasteiger partial charge is 0.239 e. The van der Waals surface area contributed by atoms with Crippen molar-refractivity contribution in [1.82, 2.24) is 0 Å². The SMILES string of the molecule is COc1cc(-c2oc3c(OC)c(O)cc(O)c3c(=O)c2O[C@@H]2O[C@@H](C)[C@H](O)[C@@H](O)[C@H]2O)ccc1O. The van der Waals surface area contributed by atoms with Crippen molar-refractivity contribution in [3.05, 3.63) is 34.5 Å². The van der Waals surface area contributed by atoms with Crippen LogP contribution in [-0.2, 0) is 4.74 Å². The second kappa shape index (κ2) is 9.15. The molecular formula is C23H24O12. The zero-order valence-corrected chi connectivity index (χ0v) is 18.8. The highest BCUT2D eigenvalue weighted by Crippen LogP contribution is 2.44. The van der Waals surface area contributed by atoms with Gasteiger partial charge in [0.2, 0.25) is 23.2 Å². The Morgan fingerprint density at radius 1 is 0.857 bits per heavy atom. The molecule has 0 radical (unpaired) electrons. The fourth-order valence-electron chi connectivity index (χ4n) is 3.84. The van der Waals surface area contributed by atoms with Gasteiger partial charge in [0.15, 0.2) is 28.6 Å². The number of phenols is 3. The van der Waals surface area contributed by atoms with E-state index in [1.165, 1.54) is 39.3 Å². The van der Waals surface area contributed by atoms with Crippen LogP contribution in [0.2, 0.25) is 0 Å². The van der Waals surface area contributed by atoms with E-state index in [2.05, 4.69) is 0 Å². The minimum Gasteiger partial charge on any atom is -0.507 e. The molecule has 0 saturated carbocycles. The number of ether oxygens (including phenoxy) is 4. The molecule has 35 heavy (non-hydrogen) atoms. The van der Waals surface area contributed by atoms with E-state index in [1.54, 1.807) is 0 Å². The van der Waals surface area contributed by atoms with Crippen LogP contribution in [0.1, 0.15) is 6.92 Å². The van der Waals surface area contributed by atoms with Crippen LogP contribution in [0.4, 0.5) is 0 Å². The minimum atomic E-state index is -1.75. The van der Waals surface area contributed by atoms with Gasteiger partial charge in [0.05, 0.1) is 20.3 Å². The molecule has 0 bridgehead atoms. The molecule has 12 nitrogen and oxygen atoms in total. The Balaban J connectivity index is 1.99. The van der Waals surface area contributed by atoms with Crippen molar-refractivity contribution in [3.63, 3.8) is 0 Å². The highest BCUT2D eigenvalue weighted by molar-refractivity contribution is 5.93. The zero-order chi connectivity index (χ0) is 25.6. The van der Waals surface area contributed by atoms with Crippen LogP contribution >= 0.6 is 0 Å². The van der Waals surface area contributed by atoms with E-state index in [0.717, 1.165) is 6.07 Å². The van der Waals surface area contributed by atoms with E-state index in [1.807, 2.05) is 0 Å². The standard InChI is InChI=1S/C23H24O12/c1-8-15(27)17(29)18(30)23(33-8)35-22-16(28)14-11(25)7-12(26)20(32-3)21(14)34-19(22)9-4-5-10(24)13(6-9)31-2/h4-8,15,17-18,23-27,29-30H,1-3H3/t8-,15-,17+,18+,23-/m0/s1. The van der Waals surface area contributed by atoms with Crippen molar-refractivity contribution in [1.29, 1.82) is 0 Å². The lowest BCUT2D eigenvalue weighted by Gasteiger charge is -2.38. The van der Waals surface area contributed by atoms with Gasteiger partial charge >= 0.3 is 0 Å². The summed E-state index contributed by atoms with van der Waals surface area (Å²) >= 11 is 0. The molecule has 2 aromatic carbocycles. The van der Waals surface area contributed by atoms with E-state index in [0.29, 0.717) is 0 Å². The van der Waals surface area contributed by atoms with Gasteiger partial charge in [0, 0.05) is 11.6 Å². The Hall–Kier alpha value is -3.71. The van der Waals surface area contributed by atoms with E-state index < -0.39 is 58.8 Å². The summed E-state index contributed by atoms with van der Waals surface area (Å²) in [4.78, 5) is 13.5. The number of hydrogen-bond acceptors (Lipinski definition) is 12. The topological polar surface area (TPSA) is 189 Å². The number of hydrogen-bond donors (Lipinski definition) is 6. The zero-order valence-electron chi connectivity index (χ0n) is 18.8. The molecule has 2 heterocycles. The van der Waals surface area contributed by atoms with Crippen LogP contribution in [0.25, 0.3) is 22.3 Å². The molecule has 3 aromatic rings. The second-order valence-corrected chi connectivity index (χ2v) is 7.93. The molecule has 1 fully saturated rings. The molecule has 0 aliphatic carbocycles. The fraction of sp³-hybridized carbons (Fsp3) is 0.348. The maximum absolute atomic E-state index is 13.5. The van der Waals surface area contributed by atoms with Crippen LogP contribution in [0.3, 0.4) is 0 Å². The number of aromatic hydroxyl groups is 3. The van der Waals surface area contributed by atoms with Gasteiger partial charge in [-0.05, 0) is 25.1 Å². The van der Waals surface area contributed by atoms with Gasteiger partial charge in [-0.3, -0.25) is 4.79 Å². The Kier molecular flexibility index (Phi) is 6.38. The number of benzene rings is 2. The first-order chi connectivity index (χ1) is 16.6. The normalized spacial score (nSPS) is 24.3. The van der Waals surface area contributed by atoms with E-state index in [9.17, 15) is 35.4 Å². The molecule has 6 N–H and O–H groups in total. The third-order valence-corrected chi connectivity index (χ3v) is 5.73. The monoisotopic (exact) mass is 492 g/mol. The van der Waals surface area contributed by atoms with Gasteiger partial charge in [0.25, 0.3) is 0 Å². The first-order valence-corrected chi connectivity index (χ1v) is 10.4. The third-order valence-electron chi connectivity index (χ3n) is 5.73. The average Bonchev–Trinajstić information content (AvgIpc) is 2.82. The highest BCUT2D eigenvalue weighted by Gasteiger charge is 2.44. The van der Waals surface area contributed by atoms with Crippen molar-refractivity contribution >= 4 is 11.0 Å². The lowest BCUT2D eigenvalue weighted by molar-refractivity contribution is -0.268. The van der Waals surface area contributed by atoms with Crippen molar-refractivity contribution in [2.24, 2.45) is 0 Å². The maximum atomic E-state index is 13.5. The molecule has 4 rings (SSSR count). The fourth-order valence-corrected chi connectivity index (χ4v) is 3.84. The van der Waals surface area contributed by atoms with Crippen molar-refractivity contribution < 1.29 is 54.0 Å². The molecule has 5 atom stereocenters. The lowest BCUT2D eigenvalue weighted by atomic mass is 10.00. The Bertz CT molecular complexity index is 1320. The van der Waals surface area contributed by atoms with Gasteiger partial charge in [-0.2, -0.15) is 0 Å². The minimum absolute atomic E-state index is 0.0306. The quantitative estimate of drug-likeness (QED) is 0.294. The Morgan fingerprint density at radius 2 is 1.57 bits per heavy atom. The van der Waals surface area contributed by atoms with Gasteiger partial charge in [-0.15, -0.1) is 0 Å². The summed E-state index contributed by atoms with van der Waals surface area (Å²) in [6.07, 6.45) is -7.37. The summed E-state index contributed by atoms with van der Waals surface area (Å²) in [5.74, 6) is -2.34. The van der Waals surface area contributed by atoms with E-state index in [-0.39, 0.29) is 34.2 Å². The number of aliphatic hydroxyl groups excluding tert-OH is 3. The molecule has 1 aromatic heterocycles. The molecule has 0 unspecified atom stereocenters. The summed E-state index contributed by atoms with van der Waals surface area (Å²) in [6, 6.07) is 4.87. The Morgan fingerprint density at radius 3 is 2.23 bits per heavy atom. The molecule has 1 aliphatic rings. The number of fused-ring (bicyclic) bond motifs is 1. The van der Waals surface area contributed by atoms with Crippen LogP contribution in [-0.4, -0.2) is 75.6 Å². The summed E-state index contributed by atoms with van der Waals surface area (Å²) in [5.41, 5.74) is -1.07. The molecule has 0 amide bonds. The molecule has 12 heteroatoms. The van der Waals surface area contributed by atoms with Crippen LogP contribution < -0.4 is 19.6 Å². The summed E-state index contributed by atoms with van der Waals surface area (Å²) in [6.45, 7) is 1.43.